The molecule has 1 aromatic rings. The van der Waals surface area contributed by atoms with Gasteiger partial charge in [-0.25, -0.2) is 0 Å². The minimum atomic E-state index is 0.0925. The fourth-order valence-corrected chi connectivity index (χ4v) is 2.97. The van der Waals surface area contributed by atoms with Gasteiger partial charge in [-0.1, -0.05) is 0 Å². The average Bonchev–Trinajstić information content (AvgIpc) is 2.29. The monoisotopic (exact) mass is 393 g/mol. The van der Waals surface area contributed by atoms with E-state index in [2.05, 4.69) is 70.1 Å². The highest BCUT2D eigenvalue weighted by atomic mass is 79.9. The van der Waals surface area contributed by atoms with Gasteiger partial charge >= 0.3 is 0 Å². The van der Waals surface area contributed by atoms with Crippen molar-refractivity contribution < 1.29 is 9.84 Å². The largest absolute Gasteiger partial charge is 0.491 e. The summed E-state index contributed by atoms with van der Waals surface area (Å²) >= 11 is 7.05. The van der Waals surface area contributed by atoms with E-state index >= 15 is 0 Å². The molecule has 108 valence electrons. The molecule has 0 aliphatic rings. The predicted octanol–water partition coefficient (Wildman–Crippen LogP) is 3.86. The zero-order chi connectivity index (χ0) is 14.5. The van der Waals surface area contributed by atoms with E-state index in [1.807, 2.05) is 0 Å². The van der Waals surface area contributed by atoms with Crippen LogP contribution in [0.3, 0.4) is 0 Å². The number of ether oxygens (including phenoxy) is 1. The van der Waals surface area contributed by atoms with E-state index in [0.717, 1.165) is 21.2 Å². The molecule has 2 N–H and O–H groups in total. The van der Waals surface area contributed by atoms with Crippen LogP contribution in [0.4, 0.5) is 0 Å². The van der Waals surface area contributed by atoms with E-state index < -0.39 is 0 Å². The molecule has 0 radical (unpaired) electrons. The number of aliphatic hydroxyl groups is 1. The summed E-state index contributed by atoms with van der Waals surface area (Å²) < 4.78 is 7.48. The van der Waals surface area contributed by atoms with Crippen molar-refractivity contribution >= 4 is 31.9 Å². The fraction of sp³-hybridized carbons (Fsp3) is 0.571. The predicted molar refractivity (Wildman–Crippen MR) is 85.6 cm³/mol. The summed E-state index contributed by atoms with van der Waals surface area (Å²) in [6.45, 7) is 7.88. The third-order valence-electron chi connectivity index (χ3n) is 2.43. The molecule has 0 saturated heterocycles. The molecule has 0 saturated carbocycles. The van der Waals surface area contributed by atoms with E-state index in [0.29, 0.717) is 13.0 Å². The lowest BCUT2D eigenvalue weighted by Gasteiger charge is -2.21. The molecule has 0 unspecified atom stereocenters. The average molecular weight is 395 g/mol. The van der Waals surface area contributed by atoms with Crippen LogP contribution in [0.2, 0.25) is 0 Å². The molecule has 0 aliphatic carbocycles. The number of hydrogen-bond acceptors (Lipinski definition) is 3. The van der Waals surface area contributed by atoms with Gasteiger partial charge in [0.2, 0.25) is 0 Å². The minimum Gasteiger partial charge on any atom is -0.491 e. The highest BCUT2D eigenvalue weighted by Gasteiger charge is 2.12. The van der Waals surface area contributed by atoms with Crippen LogP contribution in [0.1, 0.15) is 32.8 Å². The Labute approximate surface area is 132 Å². The molecule has 1 aromatic carbocycles. The van der Waals surface area contributed by atoms with Gasteiger partial charge in [-0.15, -0.1) is 0 Å². The first-order valence-electron chi connectivity index (χ1n) is 6.30. The molecule has 0 atom stereocenters. The maximum atomic E-state index is 8.76. The molecule has 0 amide bonds. The van der Waals surface area contributed by atoms with Gasteiger partial charge in [0, 0.05) is 25.1 Å². The molecule has 0 aliphatic heterocycles. The van der Waals surface area contributed by atoms with Crippen LogP contribution in [0, 0.1) is 0 Å². The van der Waals surface area contributed by atoms with Crippen LogP contribution in [-0.2, 0) is 6.54 Å². The Kier molecular flexibility index (Phi) is 6.80. The van der Waals surface area contributed by atoms with Gasteiger partial charge in [0.25, 0.3) is 0 Å². The molecular weight excluding hydrogens is 374 g/mol. The number of benzene rings is 1. The Balaban J connectivity index is 2.73. The molecule has 0 bridgehead atoms. The minimum absolute atomic E-state index is 0.0925. The standard InChI is InChI=1S/C14H21Br2NO2/c1-14(2,3)17-9-10-7-11(15)13(12(16)8-10)19-6-4-5-18/h7-8,17-18H,4-6,9H2,1-3H3. The van der Waals surface area contributed by atoms with Crippen molar-refractivity contribution in [2.24, 2.45) is 0 Å². The third-order valence-corrected chi connectivity index (χ3v) is 3.61. The van der Waals surface area contributed by atoms with Crippen molar-refractivity contribution in [3.05, 3.63) is 26.6 Å². The van der Waals surface area contributed by atoms with E-state index in [1.54, 1.807) is 0 Å². The molecule has 5 heteroatoms. The number of aliphatic hydroxyl groups excluding tert-OH is 1. The van der Waals surface area contributed by atoms with Crippen LogP contribution in [0.5, 0.6) is 5.75 Å². The lowest BCUT2D eigenvalue weighted by Crippen LogP contribution is -2.35. The fourth-order valence-electron chi connectivity index (χ4n) is 1.46. The maximum absolute atomic E-state index is 8.76. The summed E-state index contributed by atoms with van der Waals surface area (Å²) in [7, 11) is 0. The topological polar surface area (TPSA) is 41.5 Å². The normalized spacial score (nSPS) is 11.7. The second-order valence-corrected chi connectivity index (χ2v) is 7.13. The van der Waals surface area contributed by atoms with E-state index in [4.69, 9.17) is 9.84 Å². The van der Waals surface area contributed by atoms with Crippen molar-refractivity contribution in [2.45, 2.75) is 39.3 Å². The summed E-state index contributed by atoms with van der Waals surface area (Å²) in [4.78, 5) is 0. The van der Waals surface area contributed by atoms with Crippen LogP contribution in [0.15, 0.2) is 21.1 Å². The summed E-state index contributed by atoms with van der Waals surface area (Å²) in [6.07, 6.45) is 0.631. The Morgan fingerprint density at radius 1 is 1.21 bits per heavy atom. The highest BCUT2D eigenvalue weighted by Crippen LogP contribution is 2.35. The molecule has 0 aromatic heterocycles. The molecule has 0 heterocycles. The second kappa shape index (κ2) is 7.62. The Morgan fingerprint density at radius 2 is 1.79 bits per heavy atom. The van der Waals surface area contributed by atoms with Gasteiger partial charge in [0.15, 0.2) is 0 Å². The Hall–Kier alpha value is -0.100. The van der Waals surface area contributed by atoms with Gasteiger partial charge < -0.3 is 15.2 Å². The molecule has 0 spiro atoms. The number of rotatable bonds is 6. The van der Waals surface area contributed by atoms with Crippen LogP contribution in [-0.4, -0.2) is 23.9 Å². The van der Waals surface area contributed by atoms with Crippen molar-refractivity contribution in [3.8, 4) is 5.75 Å². The first-order chi connectivity index (χ1) is 8.83. The molecule has 1 rings (SSSR count). The van der Waals surface area contributed by atoms with E-state index in [1.165, 1.54) is 5.56 Å². The van der Waals surface area contributed by atoms with Crippen molar-refractivity contribution in [1.82, 2.24) is 5.32 Å². The summed E-state index contributed by atoms with van der Waals surface area (Å²) in [5.41, 5.74) is 1.28. The lowest BCUT2D eigenvalue weighted by atomic mass is 10.1. The first-order valence-corrected chi connectivity index (χ1v) is 7.88. The highest BCUT2D eigenvalue weighted by molar-refractivity contribution is 9.11. The molecular formula is C14H21Br2NO2. The number of nitrogens with one attached hydrogen (secondary N) is 1. The maximum Gasteiger partial charge on any atom is 0.147 e. The quantitative estimate of drug-likeness (QED) is 0.719. The molecule has 0 fully saturated rings. The number of hydrogen-bond donors (Lipinski definition) is 2. The summed E-state index contributed by atoms with van der Waals surface area (Å²) in [5.74, 6) is 0.785. The zero-order valence-corrected chi connectivity index (χ0v) is 14.8. The van der Waals surface area contributed by atoms with Crippen LogP contribution >= 0.6 is 31.9 Å². The van der Waals surface area contributed by atoms with Gasteiger partial charge in [-0.05, 0) is 70.3 Å². The smallest absolute Gasteiger partial charge is 0.147 e. The summed E-state index contributed by atoms with van der Waals surface area (Å²) in [5, 5.41) is 12.2. The summed E-state index contributed by atoms with van der Waals surface area (Å²) in [6, 6.07) is 4.11. The van der Waals surface area contributed by atoms with Gasteiger partial charge in [0.05, 0.1) is 15.6 Å². The SMILES string of the molecule is CC(C)(C)NCc1cc(Br)c(OCCCO)c(Br)c1. The van der Waals surface area contributed by atoms with Crippen molar-refractivity contribution in [2.75, 3.05) is 13.2 Å². The first kappa shape index (κ1) is 17.0. The Morgan fingerprint density at radius 3 is 2.26 bits per heavy atom. The van der Waals surface area contributed by atoms with Gasteiger partial charge in [-0.2, -0.15) is 0 Å². The van der Waals surface area contributed by atoms with Crippen LogP contribution in [0.25, 0.3) is 0 Å². The van der Waals surface area contributed by atoms with Crippen LogP contribution < -0.4 is 10.1 Å². The van der Waals surface area contributed by atoms with Gasteiger partial charge in [0.1, 0.15) is 5.75 Å². The zero-order valence-electron chi connectivity index (χ0n) is 11.6. The number of halogens is 2. The molecule has 19 heavy (non-hydrogen) atoms. The second-order valence-electron chi connectivity index (χ2n) is 5.42. The van der Waals surface area contributed by atoms with Crippen molar-refractivity contribution in [3.63, 3.8) is 0 Å². The van der Waals surface area contributed by atoms with Crippen molar-refractivity contribution in [1.29, 1.82) is 0 Å². The third kappa shape index (κ3) is 6.25. The lowest BCUT2D eigenvalue weighted by molar-refractivity contribution is 0.232. The van der Waals surface area contributed by atoms with E-state index in [9.17, 15) is 0 Å². The van der Waals surface area contributed by atoms with Gasteiger partial charge in [-0.3, -0.25) is 0 Å². The molecule has 3 nitrogen and oxygen atoms in total. The Bertz CT molecular complexity index is 393. The van der Waals surface area contributed by atoms with E-state index in [-0.39, 0.29) is 12.1 Å².